The molecule has 0 atom stereocenters. The molecular weight excluding hydrogens is 280 g/mol. The molecule has 22 heavy (non-hydrogen) atoms. The summed E-state index contributed by atoms with van der Waals surface area (Å²) in [5.41, 5.74) is 0.104. The summed E-state index contributed by atoms with van der Waals surface area (Å²) in [5, 5.41) is 9.33. The molecule has 0 unspecified atom stereocenters. The summed E-state index contributed by atoms with van der Waals surface area (Å²) < 4.78 is 5.21. The topological polar surface area (TPSA) is 74.8 Å². The van der Waals surface area contributed by atoms with Crippen LogP contribution in [0.1, 0.15) is 46.5 Å². The Morgan fingerprint density at radius 1 is 1.27 bits per heavy atom. The highest BCUT2D eigenvalue weighted by Gasteiger charge is 2.36. The number of nitrogens with zero attached hydrogens (tertiary/aromatic N) is 1. The van der Waals surface area contributed by atoms with Crippen molar-refractivity contribution >= 4 is 11.9 Å². The average Bonchev–Trinajstić information content (AvgIpc) is 2.38. The maximum Gasteiger partial charge on any atom is 0.239 e. The van der Waals surface area contributed by atoms with Crippen molar-refractivity contribution in [2.75, 3.05) is 33.9 Å². The first-order valence-electron chi connectivity index (χ1n) is 8.05. The number of carbonyl (C=O) groups is 1. The Balaban J connectivity index is 2.35. The zero-order valence-corrected chi connectivity index (χ0v) is 14.7. The van der Waals surface area contributed by atoms with Gasteiger partial charge in [-0.3, -0.25) is 9.79 Å². The minimum Gasteiger partial charge on any atom is -0.385 e. The molecule has 0 saturated heterocycles. The predicted octanol–water partition coefficient (Wildman–Crippen LogP) is 1.27. The van der Waals surface area contributed by atoms with Crippen molar-refractivity contribution in [3.05, 3.63) is 0 Å². The van der Waals surface area contributed by atoms with Gasteiger partial charge in [-0.2, -0.15) is 0 Å². The van der Waals surface area contributed by atoms with Crippen molar-refractivity contribution < 1.29 is 9.53 Å². The van der Waals surface area contributed by atoms with E-state index in [9.17, 15) is 4.79 Å². The summed E-state index contributed by atoms with van der Waals surface area (Å²) in [6, 6.07) is 0. The smallest absolute Gasteiger partial charge is 0.239 e. The van der Waals surface area contributed by atoms with E-state index in [4.69, 9.17) is 4.74 Å². The average molecular weight is 312 g/mol. The number of hydrogen-bond acceptors (Lipinski definition) is 3. The van der Waals surface area contributed by atoms with Gasteiger partial charge >= 0.3 is 0 Å². The number of aliphatic imine (C=N–C) groups is 1. The predicted molar refractivity (Wildman–Crippen MR) is 90.0 cm³/mol. The maximum atomic E-state index is 11.8. The molecule has 6 nitrogen and oxygen atoms in total. The lowest BCUT2D eigenvalue weighted by molar-refractivity contribution is -0.121. The number of amides is 1. The van der Waals surface area contributed by atoms with Crippen LogP contribution in [0, 0.1) is 5.41 Å². The maximum absolute atomic E-state index is 11.8. The zero-order valence-electron chi connectivity index (χ0n) is 14.7. The number of ether oxygens (including phenoxy) is 1. The molecule has 0 aliphatic heterocycles. The van der Waals surface area contributed by atoms with Crippen molar-refractivity contribution in [3.8, 4) is 0 Å². The molecule has 128 valence electrons. The van der Waals surface area contributed by atoms with Crippen LogP contribution < -0.4 is 16.0 Å². The van der Waals surface area contributed by atoms with Gasteiger partial charge in [0.2, 0.25) is 5.91 Å². The molecule has 3 N–H and O–H groups in total. The molecule has 1 fully saturated rings. The van der Waals surface area contributed by atoms with Crippen LogP contribution in [0.25, 0.3) is 0 Å². The third-order valence-corrected chi connectivity index (χ3v) is 4.04. The number of hydrogen-bond donors (Lipinski definition) is 3. The van der Waals surface area contributed by atoms with Crippen LogP contribution in [0.5, 0.6) is 0 Å². The Morgan fingerprint density at radius 3 is 2.41 bits per heavy atom. The summed E-state index contributed by atoms with van der Waals surface area (Å²) in [7, 11) is 3.47. The lowest BCUT2D eigenvalue weighted by Gasteiger charge is -2.42. The molecule has 1 rings (SSSR count). The van der Waals surface area contributed by atoms with Gasteiger partial charge in [0.25, 0.3) is 0 Å². The van der Waals surface area contributed by atoms with Gasteiger partial charge in [-0.15, -0.1) is 0 Å². The van der Waals surface area contributed by atoms with E-state index in [-0.39, 0.29) is 18.0 Å². The Morgan fingerprint density at radius 2 is 1.95 bits per heavy atom. The Hall–Kier alpha value is -1.30. The van der Waals surface area contributed by atoms with Gasteiger partial charge in [-0.25, -0.2) is 0 Å². The van der Waals surface area contributed by atoms with E-state index in [1.165, 1.54) is 19.3 Å². The summed E-state index contributed by atoms with van der Waals surface area (Å²) in [5.74, 6) is 0.640. The highest BCUT2D eigenvalue weighted by Crippen LogP contribution is 2.43. The van der Waals surface area contributed by atoms with E-state index < -0.39 is 0 Å². The van der Waals surface area contributed by atoms with E-state index in [1.54, 1.807) is 14.2 Å². The van der Waals surface area contributed by atoms with E-state index in [0.717, 1.165) is 19.6 Å². The molecule has 1 aliphatic rings. The van der Waals surface area contributed by atoms with E-state index in [1.807, 2.05) is 20.8 Å². The van der Waals surface area contributed by atoms with Crippen molar-refractivity contribution in [2.24, 2.45) is 10.4 Å². The first-order valence-corrected chi connectivity index (χ1v) is 8.05. The van der Waals surface area contributed by atoms with Crippen molar-refractivity contribution in [3.63, 3.8) is 0 Å². The second-order valence-corrected chi connectivity index (χ2v) is 7.17. The van der Waals surface area contributed by atoms with Crippen LogP contribution in [0.3, 0.4) is 0 Å². The third kappa shape index (κ3) is 6.64. The normalized spacial score (nSPS) is 17.6. The number of guanidine groups is 1. The standard InChI is InChI=1S/C16H32N4O2/c1-15(2,3)20-13(21)11-18-14(17-4)19-12-16(7-6-8-16)9-10-22-5/h6-12H2,1-5H3,(H,20,21)(H2,17,18,19). The van der Waals surface area contributed by atoms with Crippen LogP contribution in [0.4, 0.5) is 0 Å². The Bertz CT molecular complexity index is 384. The van der Waals surface area contributed by atoms with Crippen LogP contribution in [0.15, 0.2) is 4.99 Å². The van der Waals surface area contributed by atoms with E-state index >= 15 is 0 Å². The minimum atomic E-state index is -0.216. The summed E-state index contributed by atoms with van der Waals surface area (Å²) >= 11 is 0. The number of methoxy groups -OCH3 is 1. The molecule has 1 amide bonds. The third-order valence-electron chi connectivity index (χ3n) is 4.04. The quantitative estimate of drug-likeness (QED) is 0.489. The van der Waals surface area contributed by atoms with Gasteiger partial charge in [0.1, 0.15) is 0 Å². The van der Waals surface area contributed by atoms with Gasteiger partial charge in [0, 0.05) is 32.8 Å². The van der Waals surface area contributed by atoms with Gasteiger partial charge in [0.15, 0.2) is 5.96 Å². The highest BCUT2D eigenvalue weighted by atomic mass is 16.5. The second-order valence-electron chi connectivity index (χ2n) is 7.17. The van der Waals surface area contributed by atoms with Crippen LogP contribution >= 0.6 is 0 Å². The van der Waals surface area contributed by atoms with Crippen molar-refractivity contribution in [1.29, 1.82) is 0 Å². The van der Waals surface area contributed by atoms with Crippen LogP contribution in [-0.4, -0.2) is 51.3 Å². The number of nitrogens with one attached hydrogen (secondary N) is 3. The number of carbonyl (C=O) groups excluding carboxylic acids is 1. The molecule has 0 aromatic rings. The SMILES string of the molecule is CN=C(NCC(=O)NC(C)(C)C)NCC1(CCOC)CCC1. The first-order chi connectivity index (χ1) is 10.3. The molecule has 0 aromatic carbocycles. The largest absolute Gasteiger partial charge is 0.385 e. The molecule has 0 bridgehead atoms. The van der Waals surface area contributed by atoms with Gasteiger partial charge in [-0.05, 0) is 45.4 Å². The minimum absolute atomic E-state index is 0.0341. The van der Waals surface area contributed by atoms with Crippen molar-refractivity contribution in [1.82, 2.24) is 16.0 Å². The molecular formula is C16H32N4O2. The first kappa shape index (κ1) is 18.7. The molecule has 1 aliphatic carbocycles. The Labute approximate surface area is 134 Å². The summed E-state index contributed by atoms with van der Waals surface area (Å²) in [4.78, 5) is 16.0. The summed E-state index contributed by atoms with van der Waals surface area (Å²) in [6.07, 6.45) is 4.80. The van der Waals surface area contributed by atoms with Gasteiger partial charge in [-0.1, -0.05) is 6.42 Å². The van der Waals surface area contributed by atoms with Gasteiger partial charge < -0.3 is 20.7 Å². The number of rotatable bonds is 7. The molecule has 0 aromatic heterocycles. The summed E-state index contributed by atoms with van der Waals surface area (Å²) in [6.45, 7) is 7.79. The fourth-order valence-corrected chi connectivity index (χ4v) is 2.63. The van der Waals surface area contributed by atoms with Crippen LogP contribution in [0.2, 0.25) is 0 Å². The monoisotopic (exact) mass is 312 g/mol. The van der Waals surface area contributed by atoms with E-state index in [2.05, 4.69) is 20.9 Å². The molecule has 1 saturated carbocycles. The second kappa shape index (κ2) is 8.36. The molecule has 6 heteroatoms. The van der Waals surface area contributed by atoms with Crippen molar-refractivity contribution in [2.45, 2.75) is 52.0 Å². The molecule has 0 heterocycles. The van der Waals surface area contributed by atoms with Gasteiger partial charge in [0.05, 0.1) is 6.54 Å². The lowest BCUT2D eigenvalue weighted by Crippen LogP contribution is -2.50. The van der Waals surface area contributed by atoms with Crippen LogP contribution in [-0.2, 0) is 9.53 Å². The lowest BCUT2D eigenvalue weighted by atomic mass is 9.67. The van der Waals surface area contributed by atoms with E-state index in [0.29, 0.717) is 11.4 Å². The Kier molecular flexibility index (Phi) is 7.13. The zero-order chi connectivity index (χ0) is 16.6. The fourth-order valence-electron chi connectivity index (χ4n) is 2.63. The molecule has 0 spiro atoms. The highest BCUT2D eigenvalue weighted by molar-refractivity contribution is 5.86. The molecule has 0 radical (unpaired) electrons. The fraction of sp³-hybridized carbons (Fsp3) is 0.875.